The number of fused-ring (bicyclic) bond motifs is 9. The predicted octanol–water partition coefficient (Wildman–Crippen LogP) is 12.2. The molecule has 4 heterocycles. The predicted molar refractivity (Wildman–Crippen MR) is 233 cm³/mol. The Morgan fingerprint density at radius 3 is 1.56 bits per heavy atom. The first-order chi connectivity index (χ1) is 28.3. The topological polar surface area (TPSA) is 53.5 Å². The second-order valence-corrected chi connectivity index (χ2v) is 15.1. The summed E-state index contributed by atoms with van der Waals surface area (Å²) in [7, 11) is 0. The summed E-state index contributed by atoms with van der Waals surface area (Å²) in [5, 5.41) is 6.22. The molecule has 4 aromatic heterocycles. The quantitative estimate of drug-likeness (QED) is 0.177. The van der Waals surface area contributed by atoms with Crippen LogP contribution in [0.15, 0.2) is 170 Å². The second-order valence-electron chi connectivity index (χ2n) is 15.1. The van der Waals surface area contributed by atoms with Gasteiger partial charge in [-0.3, -0.25) is 4.57 Å². The van der Waals surface area contributed by atoms with E-state index in [1.165, 1.54) is 73.6 Å². The molecule has 0 fully saturated rings. The molecule has 0 radical (unpaired) electrons. The molecule has 0 N–H and O–H groups in total. The molecule has 1 aliphatic rings. The van der Waals surface area contributed by atoms with Crippen LogP contribution in [0.1, 0.15) is 24.1 Å². The maximum Gasteiger partial charge on any atom is 0.238 e. The summed E-state index contributed by atoms with van der Waals surface area (Å²) in [5.41, 5.74) is 13.0. The molecule has 0 spiro atoms. The molecule has 11 aromatic rings. The van der Waals surface area contributed by atoms with Gasteiger partial charge < -0.3 is 9.13 Å². The fraction of sp³-hybridized carbons (Fsp3) is 0.0784. The van der Waals surface area contributed by atoms with Gasteiger partial charge in [0, 0.05) is 55.1 Å². The number of hydrogen-bond acceptors (Lipinski definition) is 3. The van der Waals surface area contributed by atoms with Crippen LogP contribution in [-0.2, 0) is 12.8 Å². The summed E-state index contributed by atoms with van der Waals surface area (Å²) in [6, 6.07) is 60.5. The first-order valence-corrected chi connectivity index (χ1v) is 19.8. The van der Waals surface area contributed by atoms with Crippen molar-refractivity contribution in [2.45, 2.75) is 25.7 Å². The zero-order valence-electron chi connectivity index (χ0n) is 31.2. The van der Waals surface area contributed by atoms with Crippen LogP contribution in [0.2, 0.25) is 0 Å². The molecular weight excluding hydrogens is 697 g/mol. The van der Waals surface area contributed by atoms with Gasteiger partial charge in [0.05, 0.1) is 27.6 Å². The van der Waals surface area contributed by atoms with Gasteiger partial charge in [0.25, 0.3) is 0 Å². The fourth-order valence-corrected chi connectivity index (χ4v) is 9.37. The minimum atomic E-state index is 0.600. The third-order valence-electron chi connectivity index (χ3n) is 11.9. The summed E-state index contributed by atoms with van der Waals surface area (Å²) < 4.78 is 7.21. The van der Waals surface area contributed by atoms with Crippen molar-refractivity contribution < 1.29 is 0 Å². The molecule has 0 unspecified atom stereocenters. The highest BCUT2D eigenvalue weighted by Gasteiger charge is 2.25. The average Bonchev–Trinajstić information content (AvgIpc) is 3.91. The lowest BCUT2D eigenvalue weighted by atomic mass is 9.95. The van der Waals surface area contributed by atoms with E-state index in [0.717, 1.165) is 40.4 Å². The summed E-state index contributed by atoms with van der Waals surface area (Å²) in [5.74, 6) is 1.89. The molecule has 12 rings (SSSR count). The van der Waals surface area contributed by atoms with Crippen molar-refractivity contribution in [1.29, 1.82) is 0 Å². The Morgan fingerprint density at radius 2 is 0.877 bits per heavy atom. The molecule has 0 amide bonds. The SMILES string of the molecule is c1ccc(-c2nc(-c3ccccc3)nc(-n3c4ccccc4c4cc(-n5c6c(c7cc8c(cc75)c5ccccc5n8-c5ccccc5)CCCC6)ccc43)n2)cc1. The lowest BCUT2D eigenvalue weighted by Crippen LogP contribution is -2.07. The van der Waals surface area contributed by atoms with E-state index >= 15 is 0 Å². The average molecular weight is 733 g/mol. The molecule has 0 bridgehead atoms. The van der Waals surface area contributed by atoms with E-state index in [-0.39, 0.29) is 0 Å². The van der Waals surface area contributed by atoms with Gasteiger partial charge in [-0.2, -0.15) is 9.97 Å². The Labute approximate surface area is 328 Å². The fourth-order valence-electron chi connectivity index (χ4n) is 9.37. The Bertz CT molecular complexity index is 3280. The maximum atomic E-state index is 5.15. The van der Waals surface area contributed by atoms with E-state index in [1.54, 1.807) is 0 Å². The van der Waals surface area contributed by atoms with Gasteiger partial charge in [-0.15, -0.1) is 0 Å². The number of benzene rings is 7. The number of nitrogens with zero attached hydrogens (tertiary/aromatic N) is 6. The Morgan fingerprint density at radius 1 is 0.351 bits per heavy atom. The van der Waals surface area contributed by atoms with Crippen molar-refractivity contribution in [1.82, 2.24) is 28.7 Å². The van der Waals surface area contributed by atoms with Crippen LogP contribution in [0, 0.1) is 0 Å². The smallest absolute Gasteiger partial charge is 0.238 e. The highest BCUT2D eigenvalue weighted by atomic mass is 15.2. The molecule has 0 saturated heterocycles. The number of aromatic nitrogens is 6. The Kier molecular flexibility index (Phi) is 7.08. The summed E-state index contributed by atoms with van der Waals surface area (Å²) in [4.78, 5) is 15.3. The van der Waals surface area contributed by atoms with Crippen LogP contribution >= 0.6 is 0 Å². The lowest BCUT2D eigenvalue weighted by Gasteiger charge is -2.16. The number of hydrogen-bond donors (Lipinski definition) is 0. The van der Waals surface area contributed by atoms with Gasteiger partial charge in [-0.25, -0.2) is 4.98 Å². The van der Waals surface area contributed by atoms with Crippen LogP contribution in [0.3, 0.4) is 0 Å². The van der Waals surface area contributed by atoms with Crippen molar-refractivity contribution in [2.75, 3.05) is 0 Å². The third kappa shape index (κ3) is 4.93. The van der Waals surface area contributed by atoms with Crippen molar-refractivity contribution in [3.05, 3.63) is 181 Å². The van der Waals surface area contributed by atoms with E-state index in [1.807, 2.05) is 36.4 Å². The van der Waals surface area contributed by atoms with E-state index in [2.05, 4.69) is 147 Å². The molecular formula is C51H36N6. The van der Waals surface area contributed by atoms with Gasteiger partial charge in [0.15, 0.2) is 11.6 Å². The van der Waals surface area contributed by atoms with Crippen LogP contribution < -0.4 is 0 Å². The molecule has 270 valence electrons. The largest absolute Gasteiger partial charge is 0.313 e. The van der Waals surface area contributed by atoms with Crippen LogP contribution in [0.4, 0.5) is 0 Å². The van der Waals surface area contributed by atoms with E-state index in [9.17, 15) is 0 Å². The van der Waals surface area contributed by atoms with E-state index in [0.29, 0.717) is 17.6 Å². The van der Waals surface area contributed by atoms with Gasteiger partial charge in [0.2, 0.25) is 5.95 Å². The molecule has 1 aliphatic carbocycles. The van der Waals surface area contributed by atoms with Crippen molar-refractivity contribution in [3.8, 4) is 40.1 Å². The molecule has 57 heavy (non-hydrogen) atoms. The van der Waals surface area contributed by atoms with Crippen LogP contribution in [0.25, 0.3) is 94.6 Å². The minimum absolute atomic E-state index is 0.600. The molecule has 0 atom stereocenters. The lowest BCUT2D eigenvalue weighted by molar-refractivity contribution is 0.667. The van der Waals surface area contributed by atoms with Crippen LogP contribution in [0.5, 0.6) is 0 Å². The highest BCUT2D eigenvalue weighted by Crippen LogP contribution is 2.42. The summed E-state index contributed by atoms with van der Waals surface area (Å²) in [6.07, 6.45) is 4.55. The van der Waals surface area contributed by atoms with Crippen molar-refractivity contribution in [3.63, 3.8) is 0 Å². The first-order valence-electron chi connectivity index (χ1n) is 19.8. The second kappa shape index (κ2) is 12.6. The maximum absolute atomic E-state index is 5.15. The monoisotopic (exact) mass is 732 g/mol. The molecule has 0 saturated carbocycles. The summed E-state index contributed by atoms with van der Waals surface area (Å²) in [6.45, 7) is 0. The molecule has 6 heteroatoms. The van der Waals surface area contributed by atoms with Gasteiger partial charge >= 0.3 is 0 Å². The van der Waals surface area contributed by atoms with Gasteiger partial charge in [-0.05, 0) is 85.8 Å². The zero-order chi connectivity index (χ0) is 37.5. The normalized spacial score (nSPS) is 13.0. The summed E-state index contributed by atoms with van der Waals surface area (Å²) >= 11 is 0. The Balaban J connectivity index is 1.11. The molecule has 6 nitrogen and oxygen atoms in total. The highest BCUT2D eigenvalue weighted by molar-refractivity contribution is 6.14. The molecule has 7 aromatic carbocycles. The van der Waals surface area contributed by atoms with Gasteiger partial charge in [0.1, 0.15) is 0 Å². The first kappa shape index (κ1) is 32.0. The van der Waals surface area contributed by atoms with Gasteiger partial charge in [-0.1, -0.05) is 115 Å². The standard InChI is InChI=1S/C51H36N6/c1-4-16-33(17-5-1)49-52-50(34-18-6-2-7-19-34)54-51(53-49)57-45-27-15-12-22-37(45)40-30-36(28-29-46(40)57)56-44-26-14-11-24-39(44)42-31-47-41(32-48(42)56)38-23-10-13-25-43(38)55(47)35-20-8-3-9-21-35/h1-10,12-13,15-23,25,27-32H,11,14,24,26H2. The molecule has 0 aliphatic heterocycles. The van der Waals surface area contributed by atoms with Crippen molar-refractivity contribution in [2.24, 2.45) is 0 Å². The van der Waals surface area contributed by atoms with Crippen LogP contribution in [-0.4, -0.2) is 28.7 Å². The number of aryl methyl sites for hydroxylation is 1. The third-order valence-corrected chi connectivity index (χ3v) is 11.9. The van der Waals surface area contributed by atoms with E-state index in [4.69, 9.17) is 15.0 Å². The van der Waals surface area contributed by atoms with E-state index < -0.39 is 0 Å². The number of para-hydroxylation sites is 3. The number of rotatable bonds is 5. The minimum Gasteiger partial charge on any atom is -0.313 e. The van der Waals surface area contributed by atoms with Crippen molar-refractivity contribution >= 4 is 54.5 Å². The Hall–Kier alpha value is -7.31. The zero-order valence-corrected chi connectivity index (χ0v) is 31.2.